The third kappa shape index (κ3) is 22.2. The maximum atomic E-state index is 11.1. The lowest BCUT2D eigenvalue weighted by Crippen LogP contribution is -2.05. The lowest BCUT2D eigenvalue weighted by atomic mass is 10.1. The number of phosphoric acid groups is 1. The Morgan fingerprint density at radius 3 is 1.92 bits per heavy atom. The van der Waals surface area contributed by atoms with Crippen molar-refractivity contribution in [1.82, 2.24) is 0 Å². The largest absolute Gasteiger partial charge is 0.480 e. The highest BCUT2D eigenvalue weighted by atomic mass is 35.5. The summed E-state index contributed by atoms with van der Waals surface area (Å²) in [5.41, 5.74) is 0.435. The molecule has 146 valence electrons. The van der Waals surface area contributed by atoms with Crippen LogP contribution < -0.4 is 0 Å². The summed E-state index contributed by atoms with van der Waals surface area (Å²) in [6.07, 6.45) is 8.40. The van der Waals surface area contributed by atoms with Crippen LogP contribution in [0.5, 0.6) is 0 Å². The highest BCUT2D eigenvalue weighted by molar-refractivity contribution is 7.97. The van der Waals surface area contributed by atoms with E-state index in [-0.39, 0.29) is 30.8 Å². The van der Waals surface area contributed by atoms with Crippen LogP contribution in [0.25, 0.3) is 0 Å². The molecule has 0 spiro atoms. The van der Waals surface area contributed by atoms with Crippen LogP contribution in [-0.2, 0) is 18.1 Å². The molecule has 0 aromatic heterocycles. The molecule has 0 atom stereocenters. The molecule has 24 heavy (non-hydrogen) atoms. The van der Waals surface area contributed by atoms with Gasteiger partial charge in [0.15, 0.2) is 0 Å². The van der Waals surface area contributed by atoms with Crippen molar-refractivity contribution in [3.05, 3.63) is 12.2 Å². The lowest BCUT2D eigenvalue weighted by molar-refractivity contribution is -0.139. The average Bonchev–Trinajstić information content (AvgIpc) is 2.42. The fourth-order valence-corrected chi connectivity index (χ4v) is 2.89. The third-order valence-electron chi connectivity index (χ3n) is 2.85. The normalized spacial score (nSPS) is 10.5. The molecule has 0 aliphatic carbocycles. The van der Waals surface area contributed by atoms with Crippen molar-refractivity contribution in [2.75, 3.05) is 12.4 Å². The highest BCUT2D eigenvalue weighted by Gasteiger charge is 2.13. The van der Waals surface area contributed by atoms with Gasteiger partial charge in [0.05, 0.1) is 6.61 Å². The van der Waals surface area contributed by atoms with Gasteiger partial charge in [0.2, 0.25) is 0 Å². The molecule has 0 heterocycles. The lowest BCUT2D eigenvalue weighted by Gasteiger charge is -2.05. The fourth-order valence-electron chi connectivity index (χ4n) is 1.72. The zero-order chi connectivity index (χ0) is 16.8. The first-order valence-electron chi connectivity index (χ1n) is 7.52. The Morgan fingerprint density at radius 2 is 1.46 bits per heavy atom. The summed E-state index contributed by atoms with van der Waals surface area (Å²) in [7, 11) is -4.33. The Bertz CT molecular complexity index is 378. The maximum Gasteiger partial charge on any atom is 0.480 e. The molecular formula is C14H29Cl2O6PS. The van der Waals surface area contributed by atoms with Gasteiger partial charge in [-0.25, -0.2) is 13.3 Å². The van der Waals surface area contributed by atoms with Gasteiger partial charge in [0.25, 0.3) is 0 Å². The Kier molecular flexibility index (Phi) is 21.8. The average molecular weight is 427 g/mol. The molecule has 0 radical (unpaired) electrons. The second-order valence-electron chi connectivity index (χ2n) is 5.13. The minimum atomic E-state index is -4.33. The van der Waals surface area contributed by atoms with Crippen LogP contribution in [0, 0.1) is 0 Å². The molecule has 0 saturated heterocycles. The van der Waals surface area contributed by atoms with Gasteiger partial charge in [0, 0.05) is 23.4 Å². The van der Waals surface area contributed by atoms with Crippen LogP contribution in [-0.4, -0.2) is 28.1 Å². The number of carbonyl (C=O) groups excluding carboxylic acids is 1. The van der Waals surface area contributed by atoms with Crippen molar-refractivity contribution in [2.24, 2.45) is 0 Å². The quantitative estimate of drug-likeness (QED) is 0.135. The number of ether oxygens (including phenoxy) is 1. The van der Waals surface area contributed by atoms with Crippen molar-refractivity contribution < 1.29 is 27.9 Å². The van der Waals surface area contributed by atoms with Gasteiger partial charge in [-0.2, -0.15) is 0 Å². The standard InChI is InChI=1S/C14H27O6PS.2ClH/c1-13(2)14(15)19-11-9-7-5-3-4-6-8-10-12-22-20-21(16,17)18;;/h1,3-12H2,2H3,(H2,16,17,18);2*1H. The van der Waals surface area contributed by atoms with E-state index in [2.05, 4.69) is 10.5 Å². The summed E-state index contributed by atoms with van der Waals surface area (Å²) in [6, 6.07) is 0. The van der Waals surface area contributed by atoms with Gasteiger partial charge < -0.3 is 14.5 Å². The van der Waals surface area contributed by atoms with Gasteiger partial charge in [-0.05, 0) is 19.8 Å². The van der Waals surface area contributed by atoms with Crippen molar-refractivity contribution in [2.45, 2.75) is 58.3 Å². The summed E-state index contributed by atoms with van der Waals surface area (Å²) < 4.78 is 19.7. The molecule has 0 rings (SSSR count). The summed E-state index contributed by atoms with van der Waals surface area (Å²) >= 11 is 0.831. The number of hydrogen-bond acceptors (Lipinski definition) is 5. The molecule has 10 heteroatoms. The van der Waals surface area contributed by atoms with Crippen LogP contribution >= 0.6 is 44.7 Å². The predicted octanol–water partition coefficient (Wildman–Crippen LogP) is 4.83. The molecule has 0 bridgehead atoms. The highest BCUT2D eigenvalue weighted by Crippen LogP contribution is 2.41. The molecule has 0 aromatic rings. The van der Waals surface area contributed by atoms with E-state index in [9.17, 15) is 9.36 Å². The number of unbranched alkanes of at least 4 members (excludes halogenated alkanes) is 7. The third-order valence-corrected chi connectivity index (χ3v) is 4.51. The summed E-state index contributed by atoms with van der Waals surface area (Å²) in [4.78, 5) is 28.0. The monoisotopic (exact) mass is 426 g/mol. The van der Waals surface area contributed by atoms with E-state index in [0.29, 0.717) is 17.9 Å². The predicted molar refractivity (Wildman–Crippen MR) is 103 cm³/mol. The Hall–Kier alpha value is 0.250. The zero-order valence-corrected chi connectivity index (χ0v) is 17.3. The van der Waals surface area contributed by atoms with Crippen LogP contribution in [0.1, 0.15) is 58.3 Å². The molecule has 0 aliphatic rings. The molecule has 0 unspecified atom stereocenters. The molecule has 2 N–H and O–H groups in total. The van der Waals surface area contributed by atoms with Crippen molar-refractivity contribution in [1.29, 1.82) is 0 Å². The van der Waals surface area contributed by atoms with Gasteiger partial charge in [-0.3, -0.25) is 0 Å². The van der Waals surface area contributed by atoms with E-state index in [1.165, 1.54) is 0 Å². The van der Waals surface area contributed by atoms with E-state index in [0.717, 1.165) is 63.4 Å². The molecular weight excluding hydrogens is 398 g/mol. The van der Waals surface area contributed by atoms with E-state index >= 15 is 0 Å². The topological polar surface area (TPSA) is 93.1 Å². The Morgan fingerprint density at radius 1 is 1.00 bits per heavy atom. The number of esters is 1. The number of rotatable bonds is 14. The second-order valence-corrected chi connectivity index (χ2v) is 7.35. The molecule has 0 fully saturated rings. The van der Waals surface area contributed by atoms with Crippen LogP contribution in [0.3, 0.4) is 0 Å². The van der Waals surface area contributed by atoms with E-state index < -0.39 is 7.82 Å². The first-order chi connectivity index (χ1) is 10.3. The number of carbonyl (C=O) groups is 1. The van der Waals surface area contributed by atoms with Crippen molar-refractivity contribution in [3.63, 3.8) is 0 Å². The van der Waals surface area contributed by atoms with Crippen LogP contribution in [0.4, 0.5) is 0 Å². The molecule has 0 aliphatic heterocycles. The van der Waals surface area contributed by atoms with Crippen molar-refractivity contribution in [3.8, 4) is 0 Å². The van der Waals surface area contributed by atoms with Crippen LogP contribution in [0.15, 0.2) is 12.2 Å². The summed E-state index contributed by atoms with van der Waals surface area (Å²) in [6.45, 7) is 5.62. The minimum Gasteiger partial charge on any atom is -0.462 e. The second kappa shape index (κ2) is 18.1. The molecule has 6 nitrogen and oxygen atoms in total. The van der Waals surface area contributed by atoms with Gasteiger partial charge in [-0.15, -0.1) is 24.8 Å². The summed E-state index contributed by atoms with van der Waals surface area (Å²) in [5.74, 6) is 0.278. The first-order valence-corrected chi connectivity index (χ1v) is 9.96. The summed E-state index contributed by atoms with van der Waals surface area (Å²) in [5, 5.41) is 0. The Labute approximate surface area is 161 Å². The van der Waals surface area contributed by atoms with E-state index in [4.69, 9.17) is 14.5 Å². The van der Waals surface area contributed by atoms with E-state index in [1.807, 2.05) is 0 Å². The smallest absolute Gasteiger partial charge is 0.462 e. The van der Waals surface area contributed by atoms with Gasteiger partial charge in [0.1, 0.15) is 0 Å². The van der Waals surface area contributed by atoms with E-state index in [1.54, 1.807) is 6.92 Å². The van der Waals surface area contributed by atoms with Crippen LogP contribution in [0.2, 0.25) is 0 Å². The Balaban J connectivity index is -0.00000220. The van der Waals surface area contributed by atoms with Gasteiger partial charge >= 0.3 is 13.8 Å². The van der Waals surface area contributed by atoms with Gasteiger partial charge in [-0.1, -0.05) is 45.1 Å². The fraction of sp³-hybridized carbons (Fsp3) is 0.786. The number of hydrogen-bond donors (Lipinski definition) is 2. The zero-order valence-electron chi connectivity index (χ0n) is 14.0. The maximum absolute atomic E-state index is 11.1. The first kappa shape index (κ1) is 29.0. The number of halogens is 2. The molecule has 0 amide bonds. The molecule has 0 saturated carbocycles. The molecule has 0 aromatic carbocycles. The SMILES string of the molecule is C=C(C)C(=O)OCCCCCCCCCCSOP(=O)(O)O.Cl.Cl. The minimum absolute atomic E-state index is 0. The van der Waals surface area contributed by atoms with Crippen molar-refractivity contribution >= 4 is 50.6 Å².